The molecule has 0 bridgehead atoms. The van der Waals surface area contributed by atoms with Crippen LogP contribution in [0.25, 0.3) is 21.8 Å². The molecule has 1 aliphatic heterocycles. The summed E-state index contributed by atoms with van der Waals surface area (Å²) in [5, 5.41) is 11.0. The van der Waals surface area contributed by atoms with Crippen molar-refractivity contribution >= 4 is 27.7 Å². The number of nitrogens with zero attached hydrogens (tertiary/aromatic N) is 4. The Bertz CT molecular complexity index is 1350. The van der Waals surface area contributed by atoms with Crippen LogP contribution in [-0.2, 0) is 6.54 Å². The van der Waals surface area contributed by atoms with E-state index in [1.807, 2.05) is 30.3 Å². The van der Waals surface area contributed by atoms with Crippen molar-refractivity contribution in [2.24, 2.45) is 0 Å². The third-order valence-electron chi connectivity index (χ3n) is 5.88. The van der Waals surface area contributed by atoms with Crippen molar-refractivity contribution in [3.8, 4) is 0 Å². The monoisotopic (exact) mass is 414 g/mol. The van der Waals surface area contributed by atoms with E-state index in [4.69, 9.17) is 4.98 Å². The summed E-state index contributed by atoms with van der Waals surface area (Å²) in [4.78, 5) is 37.4. The molecule has 1 fully saturated rings. The topological polar surface area (TPSA) is 88.3 Å². The predicted octanol–water partition coefficient (Wildman–Crippen LogP) is 2.91. The summed E-state index contributed by atoms with van der Waals surface area (Å²) in [6.45, 7) is 0.563. The highest BCUT2D eigenvalue weighted by Gasteiger charge is 2.34. The van der Waals surface area contributed by atoms with Gasteiger partial charge in [-0.3, -0.25) is 19.1 Å². The van der Waals surface area contributed by atoms with E-state index in [1.54, 1.807) is 35.4 Å². The fraction of sp³-hybridized carbons (Fsp3) is 0.250. The number of benzene rings is 2. The van der Waals surface area contributed by atoms with E-state index in [0.29, 0.717) is 28.8 Å². The van der Waals surface area contributed by atoms with Gasteiger partial charge in [-0.2, -0.15) is 0 Å². The number of pyridine rings is 1. The van der Waals surface area contributed by atoms with Gasteiger partial charge in [-0.1, -0.05) is 18.2 Å². The first kappa shape index (κ1) is 19.4. The number of para-hydroxylation sites is 1. The average Bonchev–Trinajstić information content (AvgIpc) is 3.30. The smallest absolute Gasteiger partial charge is 0.261 e. The third kappa shape index (κ3) is 3.37. The molecular weight excluding hydrogens is 392 g/mol. The van der Waals surface area contributed by atoms with E-state index < -0.39 is 0 Å². The van der Waals surface area contributed by atoms with Crippen molar-refractivity contribution in [2.75, 3.05) is 13.2 Å². The molecule has 0 radical (unpaired) electrons. The molecule has 5 rings (SSSR count). The summed E-state index contributed by atoms with van der Waals surface area (Å²) in [5.74, 6) is 0.442. The largest absolute Gasteiger partial charge is 0.395 e. The third-order valence-corrected chi connectivity index (χ3v) is 5.88. The minimum absolute atomic E-state index is 0.0915. The van der Waals surface area contributed by atoms with E-state index in [2.05, 4.69) is 4.98 Å². The fourth-order valence-electron chi connectivity index (χ4n) is 4.41. The summed E-state index contributed by atoms with van der Waals surface area (Å²) in [6.07, 6.45) is 3.27. The minimum atomic E-state index is -0.319. The van der Waals surface area contributed by atoms with Gasteiger partial charge in [-0.15, -0.1) is 0 Å². The van der Waals surface area contributed by atoms with Crippen LogP contribution in [0, 0.1) is 0 Å². The van der Waals surface area contributed by atoms with Gasteiger partial charge in [0.1, 0.15) is 5.82 Å². The molecule has 1 amide bonds. The van der Waals surface area contributed by atoms with Gasteiger partial charge in [-0.25, -0.2) is 4.98 Å². The molecule has 1 N–H and O–H groups in total. The average molecular weight is 414 g/mol. The van der Waals surface area contributed by atoms with Crippen LogP contribution < -0.4 is 5.56 Å². The lowest BCUT2D eigenvalue weighted by atomic mass is 10.1. The van der Waals surface area contributed by atoms with Gasteiger partial charge in [0.15, 0.2) is 0 Å². The van der Waals surface area contributed by atoms with Crippen LogP contribution in [-0.4, -0.2) is 43.6 Å². The maximum atomic E-state index is 13.4. The van der Waals surface area contributed by atoms with Crippen molar-refractivity contribution in [3.05, 3.63) is 82.5 Å². The molecule has 1 unspecified atom stereocenters. The number of fused-ring (bicyclic) bond motifs is 2. The molecule has 2 aromatic heterocycles. The van der Waals surface area contributed by atoms with E-state index in [9.17, 15) is 14.7 Å². The lowest BCUT2D eigenvalue weighted by molar-refractivity contribution is 0.0726. The van der Waals surface area contributed by atoms with Crippen LogP contribution in [0.1, 0.15) is 35.1 Å². The quantitative estimate of drug-likeness (QED) is 0.555. The summed E-state index contributed by atoms with van der Waals surface area (Å²) in [5.41, 5.74) is 1.84. The van der Waals surface area contributed by atoms with Crippen LogP contribution in [0.15, 0.2) is 65.6 Å². The molecule has 0 aliphatic carbocycles. The minimum Gasteiger partial charge on any atom is -0.395 e. The molecule has 31 heavy (non-hydrogen) atoms. The van der Waals surface area contributed by atoms with Crippen LogP contribution in [0.2, 0.25) is 0 Å². The summed E-state index contributed by atoms with van der Waals surface area (Å²) >= 11 is 0. The highest BCUT2D eigenvalue weighted by atomic mass is 16.3. The fourth-order valence-corrected chi connectivity index (χ4v) is 4.41. The van der Waals surface area contributed by atoms with E-state index in [-0.39, 0.29) is 30.7 Å². The zero-order valence-electron chi connectivity index (χ0n) is 16.9. The number of aliphatic hydroxyl groups excluding tert-OH is 1. The Labute approximate surface area is 178 Å². The molecule has 4 aromatic rings. The SMILES string of the molecule is O=C(c1ccc2ncccc2c1)N1CCCC1c1nc2ccccc2c(=O)n1CCO. The zero-order valence-corrected chi connectivity index (χ0v) is 16.9. The van der Waals surface area contributed by atoms with Gasteiger partial charge in [0.2, 0.25) is 0 Å². The number of amides is 1. The number of aliphatic hydroxyl groups is 1. The molecule has 1 atom stereocenters. The number of likely N-dealkylation sites (tertiary alicyclic amines) is 1. The number of rotatable bonds is 4. The molecule has 7 heteroatoms. The molecule has 0 spiro atoms. The number of carbonyl (C=O) groups excluding carboxylic acids is 1. The lowest BCUT2D eigenvalue weighted by Crippen LogP contribution is -2.36. The van der Waals surface area contributed by atoms with Crippen molar-refractivity contribution < 1.29 is 9.90 Å². The van der Waals surface area contributed by atoms with Gasteiger partial charge in [0.25, 0.3) is 11.5 Å². The van der Waals surface area contributed by atoms with Crippen LogP contribution >= 0.6 is 0 Å². The Morgan fingerprint density at radius 2 is 1.97 bits per heavy atom. The molecule has 7 nitrogen and oxygen atoms in total. The first-order valence-electron chi connectivity index (χ1n) is 10.4. The molecule has 3 heterocycles. The van der Waals surface area contributed by atoms with Crippen LogP contribution in [0.5, 0.6) is 0 Å². The second-order valence-corrected chi connectivity index (χ2v) is 7.74. The molecule has 1 saturated heterocycles. The van der Waals surface area contributed by atoms with Crippen molar-refractivity contribution in [3.63, 3.8) is 0 Å². The van der Waals surface area contributed by atoms with E-state index in [1.165, 1.54) is 4.57 Å². The van der Waals surface area contributed by atoms with Crippen molar-refractivity contribution in [1.82, 2.24) is 19.4 Å². The second-order valence-electron chi connectivity index (χ2n) is 7.74. The summed E-state index contributed by atoms with van der Waals surface area (Å²) in [7, 11) is 0. The lowest BCUT2D eigenvalue weighted by Gasteiger charge is -2.27. The maximum absolute atomic E-state index is 13.4. The molecule has 0 saturated carbocycles. The Balaban J connectivity index is 1.58. The van der Waals surface area contributed by atoms with E-state index >= 15 is 0 Å². The first-order chi connectivity index (χ1) is 15.2. The highest BCUT2D eigenvalue weighted by molar-refractivity contribution is 5.98. The van der Waals surface area contributed by atoms with Gasteiger partial charge in [0, 0.05) is 23.7 Å². The number of hydrogen-bond donors (Lipinski definition) is 1. The summed E-state index contributed by atoms with van der Waals surface area (Å²) in [6, 6.07) is 16.2. The van der Waals surface area contributed by atoms with Crippen LogP contribution in [0.4, 0.5) is 0 Å². The number of aromatic nitrogens is 3. The number of carbonyl (C=O) groups is 1. The molecular formula is C24H22N4O3. The Kier molecular flexibility index (Phi) is 4.95. The Morgan fingerprint density at radius 1 is 1.10 bits per heavy atom. The Morgan fingerprint density at radius 3 is 2.84 bits per heavy atom. The van der Waals surface area contributed by atoms with Gasteiger partial charge in [0.05, 0.1) is 35.6 Å². The normalized spacial score (nSPS) is 16.3. The predicted molar refractivity (Wildman–Crippen MR) is 118 cm³/mol. The standard InChI is InChI=1S/C24H22N4O3/c29-14-13-28-22(26-20-7-2-1-6-18(20)24(28)31)21-8-4-12-27(21)23(30)17-9-10-19-16(15-17)5-3-11-25-19/h1-3,5-7,9-11,15,21,29H,4,8,12-14H2. The van der Waals surface area contributed by atoms with Crippen molar-refractivity contribution in [2.45, 2.75) is 25.4 Å². The van der Waals surface area contributed by atoms with Gasteiger partial charge >= 0.3 is 0 Å². The second kappa shape index (κ2) is 7.92. The molecule has 2 aromatic carbocycles. The molecule has 1 aliphatic rings. The van der Waals surface area contributed by atoms with E-state index in [0.717, 1.165) is 23.7 Å². The first-order valence-corrected chi connectivity index (χ1v) is 10.4. The van der Waals surface area contributed by atoms with Crippen molar-refractivity contribution in [1.29, 1.82) is 0 Å². The Hall–Kier alpha value is -3.58. The van der Waals surface area contributed by atoms with Gasteiger partial charge in [-0.05, 0) is 49.2 Å². The van der Waals surface area contributed by atoms with Crippen LogP contribution in [0.3, 0.4) is 0 Å². The maximum Gasteiger partial charge on any atom is 0.261 e. The zero-order chi connectivity index (χ0) is 21.4. The number of hydrogen-bond acceptors (Lipinski definition) is 5. The summed E-state index contributed by atoms with van der Waals surface area (Å²) < 4.78 is 1.52. The van der Waals surface area contributed by atoms with Gasteiger partial charge < -0.3 is 10.0 Å². The molecule has 156 valence electrons. The highest BCUT2D eigenvalue weighted by Crippen LogP contribution is 2.33.